The molecule has 0 bridgehead atoms. The van der Waals surface area contributed by atoms with Gasteiger partial charge < -0.3 is 14.6 Å². The van der Waals surface area contributed by atoms with Crippen molar-refractivity contribution in [2.45, 2.75) is 0 Å². The van der Waals surface area contributed by atoms with Crippen LogP contribution in [0.15, 0.2) is 48.5 Å². The van der Waals surface area contributed by atoms with E-state index >= 15 is 0 Å². The smallest absolute Gasteiger partial charge is 0.341 e. The van der Waals surface area contributed by atoms with Crippen molar-refractivity contribution in [2.24, 2.45) is 0 Å². The molecule has 0 spiro atoms. The number of carboxylic acids is 1. The topological polar surface area (TPSA) is 72.8 Å². The Morgan fingerprint density at radius 2 is 1.83 bits per heavy atom. The Hall–Kier alpha value is -2.79. The fourth-order valence-electron chi connectivity index (χ4n) is 1.92. The van der Waals surface area contributed by atoms with Crippen LogP contribution in [-0.4, -0.2) is 30.6 Å². The number of rotatable bonds is 7. The summed E-state index contributed by atoms with van der Waals surface area (Å²) in [7, 11) is 1.42. The lowest BCUT2D eigenvalue weighted by Gasteiger charge is -2.09. The van der Waals surface area contributed by atoms with Gasteiger partial charge in [0.1, 0.15) is 0 Å². The lowest BCUT2D eigenvalue weighted by molar-refractivity contribution is -0.139. The number of halogens is 1. The number of ether oxygens (including phenoxy) is 2. The van der Waals surface area contributed by atoms with Gasteiger partial charge in [0.15, 0.2) is 23.9 Å². The second kappa shape index (κ2) is 8.17. The third-order valence-corrected chi connectivity index (χ3v) is 3.35. The highest BCUT2D eigenvalue weighted by molar-refractivity contribution is 6.30. The molecule has 124 valence electrons. The number of carboxylic acid groups (broad SMARTS) is 1. The first kappa shape index (κ1) is 17.6. The Bertz CT molecular complexity index is 765. The van der Waals surface area contributed by atoms with Gasteiger partial charge in [0.2, 0.25) is 0 Å². The third kappa shape index (κ3) is 4.86. The number of hydrogen-bond donors (Lipinski definition) is 1. The molecule has 2 aromatic carbocycles. The summed E-state index contributed by atoms with van der Waals surface area (Å²) >= 11 is 5.81. The average Bonchev–Trinajstić information content (AvgIpc) is 2.59. The molecule has 0 heterocycles. The van der Waals surface area contributed by atoms with Crippen molar-refractivity contribution >= 4 is 29.4 Å². The average molecular weight is 347 g/mol. The fourth-order valence-corrected chi connectivity index (χ4v) is 2.05. The third-order valence-electron chi connectivity index (χ3n) is 3.10. The molecule has 0 unspecified atom stereocenters. The van der Waals surface area contributed by atoms with E-state index in [0.29, 0.717) is 16.3 Å². The van der Waals surface area contributed by atoms with E-state index in [0.717, 1.165) is 5.56 Å². The van der Waals surface area contributed by atoms with Gasteiger partial charge in [-0.1, -0.05) is 29.8 Å². The van der Waals surface area contributed by atoms with Gasteiger partial charge in [-0.15, -0.1) is 0 Å². The normalized spacial score (nSPS) is 10.6. The predicted molar refractivity (Wildman–Crippen MR) is 90.9 cm³/mol. The number of allylic oxidation sites excluding steroid dienone is 1. The van der Waals surface area contributed by atoms with Crippen LogP contribution in [0.5, 0.6) is 11.5 Å². The summed E-state index contributed by atoms with van der Waals surface area (Å²) in [6, 6.07) is 11.6. The highest BCUT2D eigenvalue weighted by Crippen LogP contribution is 2.28. The molecule has 2 rings (SSSR count). The Labute approximate surface area is 144 Å². The molecule has 5 nitrogen and oxygen atoms in total. The first-order valence-electron chi connectivity index (χ1n) is 7.00. The van der Waals surface area contributed by atoms with E-state index in [-0.39, 0.29) is 11.5 Å². The quantitative estimate of drug-likeness (QED) is 0.611. The summed E-state index contributed by atoms with van der Waals surface area (Å²) in [5, 5.41) is 9.26. The number of hydrogen-bond acceptors (Lipinski definition) is 4. The lowest BCUT2D eigenvalue weighted by atomic mass is 10.1. The molecule has 6 heteroatoms. The van der Waals surface area contributed by atoms with E-state index in [4.69, 9.17) is 26.2 Å². The van der Waals surface area contributed by atoms with E-state index in [1.54, 1.807) is 36.4 Å². The molecule has 0 aliphatic heterocycles. The Morgan fingerprint density at radius 3 is 2.46 bits per heavy atom. The summed E-state index contributed by atoms with van der Waals surface area (Å²) in [5.74, 6) is -0.753. The van der Waals surface area contributed by atoms with Gasteiger partial charge in [-0.2, -0.15) is 0 Å². The minimum atomic E-state index is -1.09. The summed E-state index contributed by atoms with van der Waals surface area (Å²) in [6.07, 6.45) is 3.12. The number of ketones is 1. The van der Waals surface area contributed by atoms with E-state index < -0.39 is 12.6 Å². The number of aliphatic carboxylic acids is 1. The first-order valence-corrected chi connectivity index (χ1v) is 7.38. The Morgan fingerprint density at radius 1 is 1.12 bits per heavy atom. The predicted octanol–water partition coefficient (Wildman–Crippen LogP) is 3.71. The van der Waals surface area contributed by atoms with Gasteiger partial charge >= 0.3 is 5.97 Å². The molecule has 0 atom stereocenters. The van der Waals surface area contributed by atoms with E-state index in [1.165, 1.54) is 25.3 Å². The van der Waals surface area contributed by atoms with Crippen molar-refractivity contribution in [1.82, 2.24) is 0 Å². The summed E-state index contributed by atoms with van der Waals surface area (Å²) in [5.41, 5.74) is 1.25. The van der Waals surface area contributed by atoms with Crippen molar-refractivity contribution in [1.29, 1.82) is 0 Å². The van der Waals surface area contributed by atoms with Gasteiger partial charge in [-0.05, 0) is 42.0 Å². The number of carbonyl (C=O) groups is 2. The van der Waals surface area contributed by atoms with Crippen molar-refractivity contribution < 1.29 is 24.2 Å². The van der Waals surface area contributed by atoms with E-state index in [9.17, 15) is 9.59 Å². The van der Waals surface area contributed by atoms with Gasteiger partial charge in [0, 0.05) is 10.6 Å². The number of methoxy groups -OCH3 is 1. The number of benzene rings is 2. The first-order chi connectivity index (χ1) is 11.5. The Balaban J connectivity index is 2.14. The molecule has 2 aromatic rings. The van der Waals surface area contributed by atoms with Gasteiger partial charge in [0.25, 0.3) is 0 Å². The summed E-state index contributed by atoms with van der Waals surface area (Å²) in [4.78, 5) is 22.8. The maximum Gasteiger partial charge on any atom is 0.341 e. The standard InChI is InChI=1S/C18H15ClO5/c1-23-17-10-13(5-9-16(17)24-11-18(21)22)15(20)8-4-12-2-6-14(19)7-3-12/h2-10H,11H2,1H3,(H,21,22)/b8-4+. The maximum absolute atomic E-state index is 12.2. The molecule has 0 aliphatic rings. The molecule has 0 aliphatic carbocycles. The molecule has 0 fully saturated rings. The largest absolute Gasteiger partial charge is 0.493 e. The zero-order chi connectivity index (χ0) is 17.5. The second-order valence-corrected chi connectivity index (χ2v) is 5.23. The number of carbonyl (C=O) groups excluding carboxylic acids is 1. The summed E-state index contributed by atoms with van der Waals surface area (Å²) in [6.45, 7) is -0.486. The molecule has 1 N–H and O–H groups in total. The molecule has 0 saturated heterocycles. The zero-order valence-electron chi connectivity index (χ0n) is 12.9. The lowest BCUT2D eigenvalue weighted by Crippen LogP contribution is -2.10. The minimum Gasteiger partial charge on any atom is -0.493 e. The zero-order valence-corrected chi connectivity index (χ0v) is 13.6. The molecule has 0 saturated carbocycles. The van der Waals surface area contributed by atoms with Crippen LogP contribution in [0.4, 0.5) is 0 Å². The van der Waals surface area contributed by atoms with Crippen molar-refractivity contribution in [2.75, 3.05) is 13.7 Å². The Kier molecular flexibility index (Phi) is 5.98. The van der Waals surface area contributed by atoms with Gasteiger partial charge in [0.05, 0.1) is 7.11 Å². The molecule has 0 aromatic heterocycles. The molecular weight excluding hydrogens is 332 g/mol. The van der Waals surface area contributed by atoms with Crippen molar-refractivity contribution in [3.05, 3.63) is 64.7 Å². The van der Waals surface area contributed by atoms with Crippen LogP contribution in [0, 0.1) is 0 Å². The molecule has 0 radical (unpaired) electrons. The van der Waals surface area contributed by atoms with Crippen LogP contribution in [-0.2, 0) is 4.79 Å². The van der Waals surface area contributed by atoms with Crippen molar-refractivity contribution in [3.63, 3.8) is 0 Å². The van der Waals surface area contributed by atoms with E-state index in [2.05, 4.69) is 0 Å². The maximum atomic E-state index is 12.2. The highest BCUT2D eigenvalue weighted by atomic mass is 35.5. The van der Waals surface area contributed by atoms with Crippen molar-refractivity contribution in [3.8, 4) is 11.5 Å². The fraction of sp³-hybridized carbons (Fsp3) is 0.111. The highest BCUT2D eigenvalue weighted by Gasteiger charge is 2.10. The second-order valence-electron chi connectivity index (χ2n) is 4.80. The monoisotopic (exact) mass is 346 g/mol. The van der Waals surface area contributed by atoms with Gasteiger partial charge in [-0.25, -0.2) is 4.79 Å². The van der Waals surface area contributed by atoms with Crippen LogP contribution < -0.4 is 9.47 Å². The van der Waals surface area contributed by atoms with Crippen LogP contribution >= 0.6 is 11.6 Å². The minimum absolute atomic E-state index is 0.215. The van der Waals surface area contributed by atoms with Crippen LogP contribution in [0.3, 0.4) is 0 Å². The molecular formula is C18H15ClO5. The summed E-state index contributed by atoms with van der Waals surface area (Å²) < 4.78 is 10.2. The van der Waals surface area contributed by atoms with Crippen LogP contribution in [0.2, 0.25) is 5.02 Å². The van der Waals surface area contributed by atoms with Gasteiger partial charge in [-0.3, -0.25) is 4.79 Å². The molecule has 0 amide bonds. The molecule has 24 heavy (non-hydrogen) atoms. The van der Waals surface area contributed by atoms with Crippen LogP contribution in [0.1, 0.15) is 15.9 Å². The SMILES string of the molecule is COc1cc(C(=O)/C=C/c2ccc(Cl)cc2)ccc1OCC(=O)O. The van der Waals surface area contributed by atoms with Crippen LogP contribution in [0.25, 0.3) is 6.08 Å². The van der Waals surface area contributed by atoms with E-state index in [1.807, 2.05) is 0 Å².